The lowest BCUT2D eigenvalue weighted by atomic mass is 10.0. The molecule has 4 rings (SSSR count). The Morgan fingerprint density at radius 3 is 2.72 bits per heavy atom. The Kier molecular flexibility index (Phi) is 1.95. The molecule has 0 atom stereocenters. The van der Waals surface area contributed by atoms with Gasteiger partial charge in [0.25, 0.3) is 0 Å². The fourth-order valence-electron chi connectivity index (χ4n) is 2.81. The average Bonchev–Trinajstić information content (AvgIpc) is 2.68. The zero-order valence-electron chi connectivity index (χ0n) is 10.0. The van der Waals surface area contributed by atoms with Crippen molar-refractivity contribution in [3.05, 3.63) is 66.4 Å². The summed E-state index contributed by atoms with van der Waals surface area (Å²) in [6, 6.07) is 17.2. The molecule has 0 amide bonds. The van der Waals surface area contributed by atoms with Crippen LogP contribution in [0.5, 0.6) is 0 Å². The smallest absolute Gasteiger partial charge is 0.0569 e. The van der Waals surface area contributed by atoms with E-state index < -0.39 is 0 Å². The summed E-state index contributed by atoms with van der Waals surface area (Å²) >= 11 is 0. The highest BCUT2D eigenvalue weighted by atomic mass is 15.0. The van der Waals surface area contributed by atoms with E-state index >= 15 is 0 Å². The molecule has 2 heterocycles. The van der Waals surface area contributed by atoms with Crippen molar-refractivity contribution in [3.8, 4) is 11.3 Å². The molecule has 1 heteroatoms. The molecule has 3 aromatic rings. The van der Waals surface area contributed by atoms with Crippen molar-refractivity contribution in [1.82, 2.24) is 4.57 Å². The number of fused-ring (bicyclic) bond motifs is 5. The molecule has 0 saturated carbocycles. The molecule has 0 bridgehead atoms. The van der Waals surface area contributed by atoms with Crippen LogP contribution in [0.1, 0.15) is 5.56 Å². The summed E-state index contributed by atoms with van der Waals surface area (Å²) in [5.74, 6) is 0. The van der Waals surface area contributed by atoms with Crippen LogP contribution < -0.4 is 0 Å². The van der Waals surface area contributed by atoms with Crippen LogP contribution in [0.3, 0.4) is 0 Å². The quantitative estimate of drug-likeness (QED) is 0.542. The number of benzene rings is 2. The summed E-state index contributed by atoms with van der Waals surface area (Å²) in [5.41, 5.74) is 3.97. The standard InChI is InChI=1S/C17H13N/c1-3-9-15-13(6-1)8-5-11-18-12-14-7-2-4-10-16(14)17(15)18/h1-10,12H,11H2. The maximum atomic E-state index is 2.34. The molecule has 0 saturated heterocycles. The van der Waals surface area contributed by atoms with Gasteiger partial charge in [-0.3, -0.25) is 0 Å². The maximum absolute atomic E-state index is 2.34. The van der Waals surface area contributed by atoms with Crippen LogP contribution in [0.2, 0.25) is 0 Å². The number of aromatic nitrogens is 1. The van der Waals surface area contributed by atoms with Gasteiger partial charge in [-0.1, -0.05) is 60.7 Å². The summed E-state index contributed by atoms with van der Waals surface area (Å²) in [6.45, 7) is 0.943. The minimum atomic E-state index is 0.943. The third-order valence-corrected chi connectivity index (χ3v) is 3.61. The predicted octanol–water partition coefficient (Wildman–Crippen LogP) is 4.34. The van der Waals surface area contributed by atoms with Gasteiger partial charge in [0.2, 0.25) is 0 Å². The molecular formula is C17H13N. The lowest BCUT2D eigenvalue weighted by Crippen LogP contribution is -1.94. The second-order valence-electron chi connectivity index (χ2n) is 4.71. The van der Waals surface area contributed by atoms with Gasteiger partial charge in [-0.15, -0.1) is 0 Å². The van der Waals surface area contributed by atoms with Gasteiger partial charge in [-0.05, 0) is 5.56 Å². The molecule has 2 aromatic carbocycles. The Hall–Kier alpha value is -2.28. The molecule has 18 heavy (non-hydrogen) atoms. The molecule has 0 aliphatic carbocycles. The summed E-state index contributed by atoms with van der Waals surface area (Å²) in [6.07, 6.45) is 6.70. The SMILES string of the molecule is C1=Cc2ccccc2-c2c3ccccc3cn2C1. The summed E-state index contributed by atoms with van der Waals surface area (Å²) in [7, 11) is 0. The normalized spacial score (nSPS) is 13.1. The summed E-state index contributed by atoms with van der Waals surface area (Å²) in [5, 5.41) is 2.66. The van der Waals surface area contributed by atoms with Crippen molar-refractivity contribution in [2.24, 2.45) is 0 Å². The Bertz CT molecular complexity index is 762. The van der Waals surface area contributed by atoms with Crippen molar-refractivity contribution in [3.63, 3.8) is 0 Å². The van der Waals surface area contributed by atoms with Gasteiger partial charge in [0, 0.05) is 29.1 Å². The molecule has 0 radical (unpaired) electrons. The van der Waals surface area contributed by atoms with Crippen molar-refractivity contribution in [2.45, 2.75) is 6.54 Å². The fourth-order valence-corrected chi connectivity index (χ4v) is 2.81. The van der Waals surface area contributed by atoms with Crippen LogP contribution in [-0.2, 0) is 6.54 Å². The van der Waals surface area contributed by atoms with Gasteiger partial charge in [-0.25, -0.2) is 0 Å². The monoisotopic (exact) mass is 231 g/mol. The topological polar surface area (TPSA) is 4.93 Å². The number of rotatable bonds is 0. The Labute approximate surface area is 106 Å². The van der Waals surface area contributed by atoms with E-state index in [-0.39, 0.29) is 0 Å². The van der Waals surface area contributed by atoms with E-state index in [0.29, 0.717) is 0 Å². The maximum Gasteiger partial charge on any atom is 0.0569 e. The van der Waals surface area contributed by atoms with Crippen molar-refractivity contribution >= 4 is 16.8 Å². The molecule has 0 fully saturated rings. The van der Waals surface area contributed by atoms with Crippen LogP contribution in [0, 0.1) is 0 Å². The van der Waals surface area contributed by atoms with E-state index in [1.54, 1.807) is 0 Å². The largest absolute Gasteiger partial charge is 0.343 e. The second kappa shape index (κ2) is 3.61. The highest BCUT2D eigenvalue weighted by Crippen LogP contribution is 2.34. The number of nitrogens with zero attached hydrogens (tertiary/aromatic N) is 1. The third kappa shape index (κ3) is 1.28. The Morgan fingerprint density at radius 1 is 0.889 bits per heavy atom. The van der Waals surface area contributed by atoms with E-state index in [2.05, 4.69) is 71.4 Å². The van der Waals surface area contributed by atoms with Crippen LogP contribution in [0.25, 0.3) is 28.1 Å². The van der Waals surface area contributed by atoms with Crippen LogP contribution in [0.4, 0.5) is 0 Å². The first-order valence-corrected chi connectivity index (χ1v) is 6.27. The minimum absolute atomic E-state index is 0.943. The summed E-state index contributed by atoms with van der Waals surface area (Å²) in [4.78, 5) is 0. The van der Waals surface area contributed by atoms with Gasteiger partial charge >= 0.3 is 0 Å². The zero-order valence-corrected chi connectivity index (χ0v) is 10.0. The molecule has 1 aliphatic heterocycles. The van der Waals surface area contributed by atoms with E-state index in [1.165, 1.54) is 27.6 Å². The van der Waals surface area contributed by atoms with Gasteiger partial charge in [0.15, 0.2) is 0 Å². The van der Waals surface area contributed by atoms with Crippen LogP contribution in [-0.4, -0.2) is 4.57 Å². The molecule has 0 N–H and O–H groups in total. The average molecular weight is 231 g/mol. The predicted molar refractivity (Wildman–Crippen MR) is 76.4 cm³/mol. The molecule has 0 unspecified atom stereocenters. The molecule has 1 nitrogen and oxygen atoms in total. The van der Waals surface area contributed by atoms with Crippen molar-refractivity contribution in [2.75, 3.05) is 0 Å². The molecule has 1 aliphatic rings. The minimum Gasteiger partial charge on any atom is -0.343 e. The molecule has 0 spiro atoms. The first-order chi connectivity index (χ1) is 8.93. The van der Waals surface area contributed by atoms with Crippen molar-refractivity contribution in [1.29, 1.82) is 0 Å². The molecule has 86 valence electrons. The van der Waals surface area contributed by atoms with E-state index in [9.17, 15) is 0 Å². The lowest BCUT2D eigenvalue weighted by molar-refractivity contribution is 0.849. The third-order valence-electron chi connectivity index (χ3n) is 3.61. The first kappa shape index (κ1) is 9.72. The summed E-state index contributed by atoms with van der Waals surface area (Å²) < 4.78 is 2.34. The number of hydrogen-bond donors (Lipinski definition) is 0. The van der Waals surface area contributed by atoms with Gasteiger partial charge in [0.1, 0.15) is 0 Å². The van der Waals surface area contributed by atoms with Gasteiger partial charge < -0.3 is 4.57 Å². The zero-order chi connectivity index (χ0) is 11.9. The van der Waals surface area contributed by atoms with Gasteiger partial charge in [0.05, 0.1) is 5.69 Å². The van der Waals surface area contributed by atoms with Crippen LogP contribution >= 0.6 is 0 Å². The number of allylic oxidation sites excluding steroid dienone is 1. The highest BCUT2D eigenvalue weighted by molar-refractivity contribution is 5.98. The number of hydrogen-bond acceptors (Lipinski definition) is 0. The molecular weight excluding hydrogens is 218 g/mol. The second-order valence-corrected chi connectivity index (χ2v) is 4.71. The first-order valence-electron chi connectivity index (χ1n) is 6.27. The van der Waals surface area contributed by atoms with E-state index in [1.807, 2.05) is 0 Å². The van der Waals surface area contributed by atoms with Crippen LogP contribution in [0.15, 0.2) is 60.8 Å². The van der Waals surface area contributed by atoms with E-state index in [0.717, 1.165) is 6.54 Å². The lowest BCUT2D eigenvalue weighted by Gasteiger charge is -2.07. The van der Waals surface area contributed by atoms with Gasteiger partial charge in [-0.2, -0.15) is 0 Å². The Balaban J connectivity index is 2.16. The molecule has 1 aromatic heterocycles. The Morgan fingerprint density at radius 2 is 1.72 bits per heavy atom. The van der Waals surface area contributed by atoms with Crippen molar-refractivity contribution < 1.29 is 0 Å². The highest BCUT2D eigenvalue weighted by Gasteiger charge is 2.14. The van der Waals surface area contributed by atoms with E-state index in [4.69, 9.17) is 0 Å². The fraction of sp³-hybridized carbons (Fsp3) is 0.0588.